The van der Waals surface area contributed by atoms with Crippen molar-refractivity contribution < 1.29 is 13.2 Å². The maximum Gasteiger partial charge on any atom is 0.253 e. The molecule has 5 nitrogen and oxygen atoms in total. The second kappa shape index (κ2) is 5.47. The smallest absolute Gasteiger partial charge is 0.253 e. The van der Waals surface area contributed by atoms with E-state index in [1.165, 1.54) is 31.0 Å². The van der Waals surface area contributed by atoms with Crippen LogP contribution in [0, 0.1) is 17.3 Å². The van der Waals surface area contributed by atoms with E-state index in [1.807, 2.05) is 20.8 Å². The Balaban J connectivity index is 1.66. The predicted molar refractivity (Wildman–Crippen MR) is 96.8 cm³/mol. The van der Waals surface area contributed by atoms with E-state index >= 15 is 0 Å². The third kappa shape index (κ3) is 2.81. The van der Waals surface area contributed by atoms with Crippen molar-refractivity contribution in [3.63, 3.8) is 0 Å². The molecule has 0 N–H and O–H groups in total. The minimum absolute atomic E-state index is 0.0101. The second-order valence-electron chi connectivity index (χ2n) is 8.90. The molecule has 4 fully saturated rings. The van der Waals surface area contributed by atoms with Gasteiger partial charge in [0.1, 0.15) is 0 Å². The molecule has 0 aromatic carbocycles. The molecule has 0 unspecified atom stereocenters. The molecule has 7 heteroatoms. The van der Waals surface area contributed by atoms with Gasteiger partial charge in [-0.2, -0.15) is 4.99 Å². The lowest BCUT2D eigenvalue weighted by atomic mass is 9.93. The van der Waals surface area contributed by atoms with Crippen LogP contribution in [0.1, 0.15) is 46.5 Å². The normalized spacial score (nSPS) is 42.0. The summed E-state index contributed by atoms with van der Waals surface area (Å²) in [5.74, 6) is 1.76. The molecular formula is C17H26N2O3S2. The summed E-state index contributed by atoms with van der Waals surface area (Å²) in [7, 11) is -2.96. The molecule has 0 radical (unpaired) electrons. The van der Waals surface area contributed by atoms with Crippen molar-refractivity contribution in [2.45, 2.75) is 63.8 Å². The summed E-state index contributed by atoms with van der Waals surface area (Å²) in [6.07, 6.45) is 4.94. The first-order valence-electron chi connectivity index (χ1n) is 8.92. The average Bonchev–Trinajstić information content (AvgIpc) is 3.16. The Morgan fingerprint density at radius 1 is 1.17 bits per heavy atom. The summed E-state index contributed by atoms with van der Waals surface area (Å²) < 4.78 is 24.2. The van der Waals surface area contributed by atoms with Crippen molar-refractivity contribution in [2.75, 3.05) is 11.5 Å². The predicted octanol–water partition coefficient (Wildman–Crippen LogP) is 2.32. The lowest BCUT2D eigenvalue weighted by Crippen LogP contribution is -2.47. The van der Waals surface area contributed by atoms with Gasteiger partial charge in [0.15, 0.2) is 15.0 Å². The highest BCUT2D eigenvalue weighted by atomic mass is 32.2. The molecule has 0 aromatic heterocycles. The highest BCUT2D eigenvalue weighted by Crippen LogP contribution is 2.51. The summed E-state index contributed by atoms with van der Waals surface area (Å²) in [5.41, 5.74) is -0.502. The Hall–Kier alpha value is -0.560. The van der Waals surface area contributed by atoms with E-state index in [4.69, 9.17) is 0 Å². The minimum atomic E-state index is -2.96. The van der Waals surface area contributed by atoms with Gasteiger partial charge in [-0.3, -0.25) is 4.79 Å². The number of amidine groups is 1. The van der Waals surface area contributed by atoms with Crippen molar-refractivity contribution in [3.05, 3.63) is 0 Å². The Morgan fingerprint density at radius 2 is 1.92 bits per heavy atom. The van der Waals surface area contributed by atoms with Crippen LogP contribution in [0.2, 0.25) is 0 Å². The summed E-state index contributed by atoms with van der Waals surface area (Å²) in [5, 5.41) is 0.831. The summed E-state index contributed by atoms with van der Waals surface area (Å²) in [6, 6.07) is 0.391. The largest absolute Gasteiger partial charge is 0.343 e. The van der Waals surface area contributed by atoms with Gasteiger partial charge in [0.05, 0.1) is 17.5 Å². The van der Waals surface area contributed by atoms with Gasteiger partial charge < -0.3 is 4.90 Å². The van der Waals surface area contributed by atoms with Crippen molar-refractivity contribution in [2.24, 2.45) is 22.2 Å². The van der Waals surface area contributed by atoms with E-state index < -0.39 is 15.3 Å². The number of sulfone groups is 1. The molecule has 2 heterocycles. The number of aliphatic imine (C=N–C) groups is 1. The Kier molecular flexibility index (Phi) is 3.85. The van der Waals surface area contributed by atoms with Crippen molar-refractivity contribution in [1.82, 2.24) is 4.90 Å². The fourth-order valence-electron chi connectivity index (χ4n) is 4.79. The molecule has 24 heavy (non-hydrogen) atoms. The van der Waals surface area contributed by atoms with Crippen LogP contribution in [-0.4, -0.2) is 53.2 Å². The molecule has 134 valence electrons. The highest BCUT2D eigenvalue weighted by molar-refractivity contribution is 8.15. The van der Waals surface area contributed by atoms with Gasteiger partial charge in [0.25, 0.3) is 5.91 Å². The molecule has 2 bridgehead atoms. The molecule has 2 saturated heterocycles. The lowest BCUT2D eigenvalue weighted by Gasteiger charge is -2.36. The van der Waals surface area contributed by atoms with Crippen LogP contribution >= 0.6 is 11.8 Å². The summed E-state index contributed by atoms with van der Waals surface area (Å²) in [4.78, 5) is 19.2. The third-order valence-corrected chi connectivity index (χ3v) is 9.23. The van der Waals surface area contributed by atoms with Gasteiger partial charge in [-0.25, -0.2) is 8.42 Å². The molecule has 2 aliphatic carbocycles. The number of nitrogens with zero attached hydrogens (tertiary/aromatic N) is 2. The first kappa shape index (κ1) is 16.9. The zero-order chi connectivity index (χ0) is 17.3. The molecule has 4 rings (SSSR count). The minimum Gasteiger partial charge on any atom is -0.343 e. The third-order valence-electron chi connectivity index (χ3n) is 6.00. The maximum atomic E-state index is 12.4. The molecule has 1 amide bonds. The number of amides is 1. The summed E-state index contributed by atoms with van der Waals surface area (Å²) in [6.45, 7) is 5.64. The van der Waals surface area contributed by atoms with Gasteiger partial charge in [0.2, 0.25) is 0 Å². The van der Waals surface area contributed by atoms with Gasteiger partial charge in [0, 0.05) is 16.7 Å². The Labute approximate surface area is 148 Å². The van der Waals surface area contributed by atoms with Crippen LogP contribution in [0.25, 0.3) is 0 Å². The molecule has 5 atom stereocenters. The standard InChI is InChI=1S/C17H26N2O3S2/c1-17(2,3)15(20)18-16-19(12-7-10-4-5-11(12)6-10)13-8-24(21,22)9-14(13)23-16/h10-14H,4-9H2,1-3H3/t10-,11-,12-,13+,14-/m1/s1. The summed E-state index contributed by atoms with van der Waals surface area (Å²) >= 11 is 1.53. The van der Waals surface area contributed by atoms with Crippen LogP contribution in [0.3, 0.4) is 0 Å². The van der Waals surface area contributed by atoms with Crippen molar-refractivity contribution in [1.29, 1.82) is 0 Å². The molecule has 0 aromatic rings. The van der Waals surface area contributed by atoms with Gasteiger partial charge >= 0.3 is 0 Å². The molecule has 2 aliphatic heterocycles. The van der Waals surface area contributed by atoms with E-state index in [1.54, 1.807) is 0 Å². The van der Waals surface area contributed by atoms with Gasteiger partial charge in [-0.1, -0.05) is 39.0 Å². The SMILES string of the molecule is CC(C)(C)C(=O)N=C1S[C@@H]2CS(=O)(=O)C[C@@H]2N1[C@@H]1C[C@@H]2CC[C@@H]1C2. The number of rotatable bonds is 1. The number of hydrogen-bond donors (Lipinski definition) is 0. The van der Waals surface area contributed by atoms with Crippen LogP contribution in [-0.2, 0) is 14.6 Å². The number of fused-ring (bicyclic) bond motifs is 3. The fourth-order valence-corrected chi connectivity index (χ4v) is 8.76. The Morgan fingerprint density at radius 3 is 2.50 bits per heavy atom. The molecule has 4 aliphatic rings. The number of carbonyl (C=O) groups excluding carboxylic acids is 1. The maximum absolute atomic E-state index is 12.4. The van der Waals surface area contributed by atoms with Crippen LogP contribution < -0.4 is 0 Å². The number of carbonyl (C=O) groups is 1. The topological polar surface area (TPSA) is 66.8 Å². The van der Waals surface area contributed by atoms with Gasteiger partial charge in [-0.05, 0) is 31.1 Å². The second-order valence-corrected chi connectivity index (χ2v) is 12.3. The number of thioether (sulfide) groups is 1. The first-order valence-corrected chi connectivity index (χ1v) is 11.6. The van der Waals surface area contributed by atoms with Gasteiger partial charge in [-0.15, -0.1) is 0 Å². The van der Waals surface area contributed by atoms with Crippen LogP contribution in [0.15, 0.2) is 4.99 Å². The molecule has 0 spiro atoms. The zero-order valence-electron chi connectivity index (χ0n) is 14.6. The first-order chi connectivity index (χ1) is 11.1. The number of hydrogen-bond acceptors (Lipinski definition) is 4. The monoisotopic (exact) mass is 370 g/mol. The fraction of sp³-hybridized carbons (Fsp3) is 0.882. The van der Waals surface area contributed by atoms with Crippen LogP contribution in [0.5, 0.6) is 0 Å². The van der Waals surface area contributed by atoms with E-state index in [2.05, 4.69) is 9.89 Å². The lowest BCUT2D eigenvalue weighted by molar-refractivity contribution is -0.124. The van der Waals surface area contributed by atoms with E-state index in [0.29, 0.717) is 12.0 Å². The average molecular weight is 371 g/mol. The zero-order valence-corrected chi connectivity index (χ0v) is 16.2. The van der Waals surface area contributed by atoms with Crippen molar-refractivity contribution >= 4 is 32.7 Å². The van der Waals surface area contributed by atoms with E-state index in [-0.39, 0.29) is 28.7 Å². The molecule has 2 saturated carbocycles. The van der Waals surface area contributed by atoms with E-state index in [0.717, 1.165) is 17.5 Å². The Bertz CT molecular complexity index is 695. The highest BCUT2D eigenvalue weighted by Gasteiger charge is 2.54. The van der Waals surface area contributed by atoms with Crippen molar-refractivity contribution in [3.8, 4) is 0 Å². The van der Waals surface area contributed by atoms with Crippen LogP contribution in [0.4, 0.5) is 0 Å². The molecular weight excluding hydrogens is 344 g/mol. The van der Waals surface area contributed by atoms with E-state index in [9.17, 15) is 13.2 Å². The quantitative estimate of drug-likeness (QED) is 0.709.